The SMILES string of the molecule is COc1cc2c(OC)cc1CC1=C(N)C(=O)C(=C(N)C1=O)Cc1cc(OC)c(cc1OC)Cc1cc(OC)c(cc1OC)Cc1cc(OC)c(cc1OC)C2. The lowest BCUT2D eigenvalue weighted by Gasteiger charge is -2.22. The second-order valence-corrected chi connectivity index (χ2v) is 13.2. The summed E-state index contributed by atoms with van der Waals surface area (Å²) in [6.45, 7) is 0. The Kier molecular flexibility index (Phi) is 11.2. The van der Waals surface area contributed by atoms with Gasteiger partial charge in [0.15, 0.2) is 0 Å². The zero-order chi connectivity index (χ0) is 39.6. The lowest BCUT2D eigenvalue weighted by Crippen LogP contribution is -2.33. The van der Waals surface area contributed by atoms with E-state index < -0.39 is 11.6 Å². The van der Waals surface area contributed by atoms with Gasteiger partial charge in [-0.05, 0) is 48.5 Å². The molecule has 0 amide bonds. The van der Waals surface area contributed by atoms with Gasteiger partial charge in [0, 0.05) is 87.8 Å². The molecule has 0 spiro atoms. The fourth-order valence-corrected chi connectivity index (χ4v) is 7.39. The molecule has 288 valence electrons. The van der Waals surface area contributed by atoms with Crippen molar-refractivity contribution < 1.29 is 47.5 Å². The molecule has 4 N–H and O–H groups in total. The minimum atomic E-state index is -0.535. The molecule has 0 aliphatic heterocycles. The molecule has 11 aliphatic carbocycles. The van der Waals surface area contributed by atoms with Crippen LogP contribution in [0.3, 0.4) is 0 Å². The molecule has 0 fully saturated rings. The highest BCUT2D eigenvalue weighted by atomic mass is 16.5. The van der Waals surface area contributed by atoms with Crippen LogP contribution in [0.2, 0.25) is 0 Å². The predicted octanol–water partition coefficient (Wildman–Crippen LogP) is 5.20. The maximum absolute atomic E-state index is 13.9. The summed E-state index contributed by atoms with van der Waals surface area (Å²) in [6.07, 6.45) is 1.19. The van der Waals surface area contributed by atoms with Crippen LogP contribution in [0.15, 0.2) is 71.1 Å². The standard InChI is InChI=1S/C43H46N2O10/c1-48-32-16-24-10-26-18-38(54-7)28(20-36(26)52-5)12-30-40(44)43(47)31(41(45)42(30)46)13-29-21-37(53-6)27(19-39(29)55-8)11-25-17-33(49-2)23(15-35(25)51-4)9-22(32)14-34(24)50-3/h14-21H,9-13,44-45H2,1-8H3. The Morgan fingerprint density at radius 2 is 0.491 bits per heavy atom. The third kappa shape index (κ3) is 7.19. The van der Waals surface area contributed by atoms with Crippen molar-refractivity contribution in [1.82, 2.24) is 0 Å². The van der Waals surface area contributed by atoms with Crippen LogP contribution in [0.4, 0.5) is 0 Å². The van der Waals surface area contributed by atoms with Crippen molar-refractivity contribution in [3.8, 4) is 46.0 Å². The van der Waals surface area contributed by atoms with Crippen molar-refractivity contribution in [3.63, 3.8) is 0 Å². The highest BCUT2D eigenvalue weighted by molar-refractivity contribution is 6.24. The van der Waals surface area contributed by atoms with Crippen LogP contribution in [0.1, 0.15) is 44.5 Å². The highest BCUT2D eigenvalue weighted by Crippen LogP contribution is 2.41. The molecule has 11 aliphatic rings. The number of ketones is 2. The second-order valence-electron chi connectivity index (χ2n) is 13.2. The molecule has 12 heteroatoms. The molecule has 0 atom stereocenters. The van der Waals surface area contributed by atoms with Crippen molar-refractivity contribution in [3.05, 3.63) is 116 Å². The molecule has 0 radical (unpaired) electrons. The van der Waals surface area contributed by atoms with Crippen molar-refractivity contribution in [1.29, 1.82) is 0 Å². The van der Waals surface area contributed by atoms with Crippen LogP contribution in [0.5, 0.6) is 46.0 Å². The van der Waals surface area contributed by atoms with E-state index in [-0.39, 0.29) is 35.4 Å². The molecule has 0 aromatic heterocycles. The molecular weight excluding hydrogens is 704 g/mol. The number of benzene rings is 4. The van der Waals surface area contributed by atoms with E-state index >= 15 is 0 Å². The molecule has 55 heavy (non-hydrogen) atoms. The zero-order valence-corrected chi connectivity index (χ0v) is 32.4. The number of nitrogens with two attached hydrogens (primary N) is 2. The quantitative estimate of drug-likeness (QED) is 0.227. The molecule has 0 saturated carbocycles. The third-order valence-corrected chi connectivity index (χ3v) is 10.3. The van der Waals surface area contributed by atoms with Gasteiger partial charge in [0.05, 0.1) is 68.3 Å². The average Bonchev–Trinajstić information content (AvgIpc) is 3.20. The molecule has 4 aromatic carbocycles. The summed E-state index contributed by atoms with van der Waals surface area (Å²) in [5.74, 6) is 3.52. The number of Topliss-reactive ketones (excluding diaryl/α,β-unsaturated/α-hetero) is 2. The van der Waals surface area contributed by atoms with Gasteiger partial charge in [-0.15, -0.1) is 0 Å². The number of allylic oxidation sites excluding steroid dienone is 2. The van der Waals surface area contributed by atoms with Crippen LogP contribution in [-0.2, 0) is 41.7 Å². The second kappa shape index (κ2) is 16.0. The van der Waals surface area contributed by atoms with Gasteiger partial charge in [-0.1, -0.05) is 0 Å². The van der Waals surface area contributed by atoms with Crippen LogP contribution < -0.4 is 49.4 Å². The first-order valence-corrected chi connectivity index (χ1v) is 17.5. The lowest BCUT2D eigenvalue weighted by molar-refractivity contribution is -0.116. The molecule has 4 aromatic rings. The van der Waals surface area contributed by atoms with Gasteiger partial charge in [0.2, 0.25) is 11.6 Å². The van der Waals surface area contributed by atoms with Gasteiger partial charge in [-0.2, -0.15) is 0 Å². The maximum atomic E-state index is 13.9. The van der Waals surface area contributed by atoms with E-state index in [0.717, 1.165) is 33.4 Å². The summed E-state index contributed by atoms with van der Waals surface area (Å²) >= 11 is 0. The summed E-state index contributed by atoms with van der Waals surface area (Å²) in [5, 5.41) is 0. The Bertz CT molecular complexity index is 2100. The van der Waals surface area contributed by atoms with Gasteiger partial charge in [-0.3, -0.25) is 9.59 Å². The summed E-state index contributed by atoms with van der Waals surface area (Å²) < 4.78 is 47.0. The number of hydrogen-bond acceptors (Lipinski definition) is 12. The molecular formula is C43H46N2O10. The van der Waals surface area contributed by atoms with E-state index in [1.165, 1.54) is 14.2 Å². The largest absolute Gasteiger partial charge is 0.496 e. The number of carbonyl (C=O) groups is 2. The van der Waals surface area contributed by atoms with E-state index in [1.54, 1.807) is 54.8 Å². The molecule has 15 rings (SSSR count). The Morgan fingerprint density at radius 3 is 0.655 bits per heavy atom. The van der Waals surface area contributed by atoms with Gasteiger partial charge in [-0.25, -0.2) is 0 Å². The molecule has 0 unspecified atom stereocenters. The fourth-order valence-electron chi connectivity index (χ4n) is 7.39. The summed E-state index contributed by atoms with van der Waals surface area (Å²) in [5.41, 5.74) is 18.9. The first kappa shape index (κ1) is 38.4. The van der Waals surface area contributed by atoms with E-state index in [4.69, 9.17) is 49.4 Å². The van der Waals surface area contributed by atoms with Gasteiger partial charge in [0.25, 0.3) is 0 Å². The molecule has 10 bridgehead atoms. The highest BCUT2D eigenvalue weighted by Gasteiger charge is 2.33. The first-order valence-electron chi connectivity index (χ1n) is 17.5. The average molecular weight is 751 g/mol. The predicted molar refractivity (Wildman–Crippen MR) is 206 cm³/mol. The number of rotatable bonds is 8. The smallest absolute Gasteiger partial charge is 0.207 e. The Balaban J connectivity index is 1.59. The topological polar surface area (TPSA) is 160 Å². The maximum Gasteiger partial charge on any atom is 0.207 e. The van der Waals surface area contributed by atoms with Gasteiger partial charge < -0.3 is 49.4 Å². The van der Waals surface area contributed by atoms with Gasteiger partial charge in [0.1, 0.15) is 46.0 Å². The first-order chi connectivity index (χ1) is 26.5. The van der Waals surface area contributed by atoms with E-state index in [1.807, 2.05) is 36.4 Å². The van der Waals surface area contributed by atoms with Crippen LogP contribution in [-0.4, -0.2) is 68.4 Å². The van der Waals surface area contributed by atoms with Crippen molar-refractivity contribution in [2.45, 2.75) is 32.1 Å². The summed E-state index contributed by atoms with van der Waals surface area (Å²) in [6, 6.07) is 15.1. The Hall–Kier alpha value is -6.30. The number of hydrogen-bond donors (Lipinski definition) is 2. The summed E-state index contributed by atoms with van der Waals surface area (Å²) in [4.78, 5) is 27.8. The third-order valence-electron chi connectivity index (χ3n) is 10.3. The normalized spacial score (nSPS) is 14.3. The van der Waals surface area contributed by atoms with Crippen molar-refractivity contribution >= 4 is 11.6 Å². The van der Waals surface area contributed by atoms with Crippen LogP contribution in [0, 0.1) is 0 Å². The molecule has 0 saturated heterocycles. The lowest BCUT2D eigenvalue weighted by atomic mass is 9.84. The van der Waals surface area contributed by atoms with Crippen molar-refractivity contribution in [2.24, 2.45) is 11.5 Å². The monoisotopic (exact) mass is 750 g/mol. The van der Waals surface area contributed by atoms with E-state index in [0.29, 0.717) is 76.4 Å². The van der Waals surface area contributed by atoms with Crippen molar-refractivity contribution in [2.75, 3.05) is 56.9 Å². The fraction of sp³-hybridized carbons (Fsp3) is 0.302. The van der Waals surface area contributed by atoms with E-state index in [9.17, 15) is 9.59 Å². The zero-order valence-electron chi connectivity index (χ0n) is 32.4. The Labute approximate surface area is 320 Å². The Morgan fingerprint density at radius 1 is 0.327 bits per heavy atom. The molecule has 0 heterocycles. The minimum absolute atomic E-state index is 0.0193. The van der Waals surface area contributed by atoms with Crippen LogP contribution >= 0.6 is 0 Å². The van der Waals surface area contributed by atoms with Gasteiger partial charge >= 0.3 is 0 Å². The summed E-state index contributed by atoms with van der Waals surface area (Å²) in [7, 11) is 12.7. The number of methoxy groups -OCH3 is 8. The number of ether oxygens (including phenoxy) is 8. The molecule has 12 nitrogen and oxygen atoms in total. The number of carbonyl (C=O) groups excluding carboxylic acids is 2. The minimum Gasteiger partial charge on any atom is -0.496 e. The van der Waals surface area contributed by atoms with Crippen LogP contribution in [0.25, 0.3) is 0 Å². The van der Waals surface area contributed by atoms with E-state index in [2.05, 4.69) is 0 Å².